The lowest BCUT2D eigenvalue weighted by Gasteiger charge is -2.09. The second-order valence-corrected chi connectivity index (χ2v) is 5.69. The normalized spacial score (nSPS) is 10.5. The zero-order valence-electron chi connectivity index (χ0n) is 12.1. The third-order valence-electron chi connectivity index (χ3n) is 2.74. The SMILES string of the molecule is CCCNc1cc(Sc2ccccc2)nc(CCC)n1. The lowest BCUT2D eigenvalue weighted by atomic mass is 10.3. The highest BCUT2D eigenvalue weighted by atomic mass is 32.2. The van der Waals surface area contributed by atoms with Crippen LogP contribution in [0.15, 0.2) is 46.3 Å². The van der Waals surface area contributed by atoms with E-state index >= 15 is 0 Å². The van der Waals surface area contributed by atoms with Crippen molar-refractivity contribution in [1.82, 2.24) is 9.97 Å². The number of aryl methyl sites for hydroxylation is 1. The largest absolute Gasteiger partial charge is 0.370 e. The van der Waals surface area contributed by atoms with Gasteiger partial charge in [-0.3, -0.25) is 0 Å². The van der Waals surface area contributed by atoms with E-state index in [9.17, 15) is 0 Å². The molecule has 0 unspecified atom stereocenters. The molecule has 106 valence electrons. The van der Waals surface area contributed by atoms with Crippen LogP contribution in [0.2, 0.25) is 0 Å². The molecule has 0 aliphatic carbocycles. The predicted octanol–water partition coefficient (Wildman–Crippen LogP) is 4.40. The Morgan fingerprint density at radius 3 is 2.55 bits per heavy atom. The summed E-state index contributed by atoms with van der Waals surface area (Å²) < 4.78 is 0. The fraction of sp³-hybridized carbons (Fsp3) is 0.375. The van der Waals surface area contributed by atoms with E-state index in [0.717, 1.165) is 42.5 Å². The van der Waals surface area contributed by atoms with E-state index in [4.69, 9.17) is 0 Å². The van der Waals surface area contributed by atoms with Gasteiger partial charge in [0.05, 0.1) is 0 Å². The van der Waals surface area contributed by atoms with Crippen molar-refractivity contribution in [2.24, 2.45) is 0 Å². The topological polar surface area (TPSA) is 37.8 Å². The molecule has 2 aromatic rings. The Labute approximate surface area is 125 Å². The number of nitrogens with one attached hydrogen (secondary N) is 1. The molecule has 1 heterocycles. The molecule has 0 amide bonds. The molecule has 0 saturated heterocycles. The minimum atomic E-state index is 0.921. The van der Waals surface area contributed by atoms with Crippen LogP contribution in [0.25, 0.3) is 0 Å². The molecule has 3 nitrogen and oxygen atoms in total. The minimum Gasteiger partial charge on any atom is -0.370 e. The summed E-state index contributed by atoms with van der Waals surface area (Å²) in [6.45, 7) is 5.25. The van der Waals surface area contributed by atoms with Gasteiger partial charge in [0.25, 0.3) is 0 Å². The molecule has 0 aliphatic heterocycles. The summed E-state index contributed by atoms with van der Waals surface area (Å²) in [6.07, 6.45) is 3.07. The maximum Gasteiger partial charge on any atom is 0.132 e. The van der Waals surface area contributed by atoms with E-state index < -0.39 is 0 Å². The number of nitrogens with zero attached hydrogens (tertiary/aromatic N) is 2. The van der Waals surface area contributed by atoms with Crippen molar-refractivity contribution < 1.29 is 0 Å². The number of hydrogen-bond acceptors (Lipinski definition) is 4. The summed E-state index contributed by atoms with van der Waals surface area (Å²) in [7, 11) is 0. The highest BCUT2D eigenvalue weighted by molar-refractivity contribution is 7.99. The van der Waals surface area contributed by atoms with Gasteiger partial charge in [-0.05, 0) is 25.0 Å². The van der Waals surface area contributed by atoms with Gasteiger partial charge in [-0.25, -0.2) is 9.97 Å². The van der Waals surface area contributed by atoms with Gasteiger partial charge in [-0.15, -0.1) is 0 Å². The van der Waals surface area contributed by atoms with Crippen LogP contribution in [0.3, 0.4) is 0 Å². The zero-order chi connectivity index (χ0) is 14.2. The van der Waals surface area contributed by atoms with Crippen LogP contribution in [0.5, 0.6) is 0 Å². The van der Waals surface area contributed by atoms with Gasteiger partial charge in [0.1, 0.15) is 16.7 Å². The molecule has 4 heteroatoms. The Bertz CT molecular complexity index is 529. The van der Waals surface area contributed by atoms with Gasteiger partial charge < -0.3 is 5.32 Å². The third-order valence-corrected chi connectivity index (χ3v) is 3.67. The van der Waals surface area contributed by atoms with Gasteiger partial charge in [-0.2, -0.15) is 0 Å². The maximum absolute atomic E-state index is 4.64. The molecule has 0 fully saturated rings. The Hall–Kier alpha value is -1.55. The fourth-order valence-corrected chi connectivity index (χ4v) is 2.67. The van der Waals surface area contributed by atoms with E-state index in [1.807, 2.05) is 24.3 Å². The van der Waals surface area contributed by atoms with Crippen molar-refractivity contribution in [3.63, 3.8) is 0 Å². The first-order valence-corrected chi connectivity index (χ1v) is 7.98. The number of anilines is 1. The van der Waals surface area contributed by atoms with Crippen molar-refractivity contribution in [3.05, 3.63) is 42.2 Å². The van der Waals surface area contributed by atoms with Crippen molar-refractivity contribution in [2.45, 2.75) is 43.0 Å². The average molecular weight is 287 g/mol. The van der Waals surface area contributed by atoms with Gasteiger partial charge in [0, 0.05) is 23.9 Å². The molecule has 0 atom stereocenters. The maximum atomic E-state index is 4.64. The van der Waals surface area contributed by atoms with Gasteiger partial charge in [0.15, 0.2) is 0 Å². The fourth-order valence-electron chi connectivity index (χ4n) is 1.81. The summed E-state index contributed by atoms with van der Waals surface area (Å²) in [5, 5.41) is 4.36. The van der Waals surface area contributed by atoms with Crippen molar-refractivity contribution in [2.75, 3.05) is 11.9 Å². The molecule has 0 bridgehead atoms. The summed E-state index contributed by atoms with van der Waals surface area (Å²) >= 11 is 1.68. The minimum absolute atomic E-state index is 0.921. The first-order chi connectivity index (χ1) is 9.81. The summed E-state index contributed by atoms with van der Waals surface area (Å²) in [5.74, 6) is 1.86. The van der Waals surface area contributed by atoms with Gasteiger partial charge >= 0.3 is 0 Å². The quantitative estimate of drug-likeness (QED) is 0.766. The molecule has 0 saturated carbocycles. The second-order valence-electron chi connectivity index (χ2n) is 4.60. The molecule has 1 aromatic carbocycles. The van der Waals surface area contributed by atoms with Crippen LogP contribution in [0, 0.1) is 0 Å². The molecule has 20 heavy (non-hydrogen) atoms. The van der Waals surface area contributed by atoms with Crippen LogP contribution < -0.4 is 5.32 Å². The van der Waals surface area contributed by atoms with E-state index in [1.165, 1.54) is 4.90 Å². The van der Waals surface area contributed by atoms with E-state index in [0.29, 0.717) is 0 Å². The molecule has 0 aliphatic rings. The van der Waals surface area contributed by atoms with E-state index in [1.54, 1.807) is 11.8 Å². The number of rotatable bonds is 7. The van der Waals surface area contributed by atoms with Gasteiger partial charge in [-0.1, -0.05) is 43.8 Å². The molecule has 1 aromatic heterocycles. The van der Waals surface area contributed by atoms with E-state index in [2.05, 4.69) is 41.3 Å². The monoisotopic (exact) mass is 287 g/mol. The van der Waals surface area contributed by atoms with Crippen LogP contribution >= 0.6 is 11.8 Å². The number of hydrogen-bond donors (Lipinski definition) is 1. The summed E-state index contributed by atoms with van der Waals surface area (Å²) in [5.41, 5.74) is 0. The summed E-state index contributed by atoms with van der Waals surface area (Å²) in [6, 6.07) is 12.4. The first-order valence-electron chi connectivity index (χ1n) is 7.16. The Morgan fingerprint density at radius 2 is 1.85 bits per heavy atom. The standard InChI is InChI=1S/C16H21N3S/c1-3-8-14-18-15(17-11-4-2)12-16(19-14)20-13-9-6-5-7-10-13/h5-7,9-10,12H,3-4,8,11H2,1-2H3,(H,17,18,19). The lowest BCUT2D eigenvalue weighted by Crippen LogP contribution is -2.05. The predicted molar refractivity (Wildman–Crippen MR) is 85.4 cm³/mol. The molecule has 0 radical (unpaired) electrons. The van der Waals surface area contributed by atoms with Crippen LogP contribution in [-0.4, -0.2) is 16.5 Å². The highest BCUT2D eigenvalue weighted by Crippen LogP contribution is 2.27. The zero-order valence-corrected chi connectivity index (χ0v) is 12.9. The third kappa shape index (κ3) is 4.53. The Kier molecular flexibility index (Phi) is 5.87. The highest BCUT2D eigenvalue weighted by Gasteiger charge is 2.05. The average Bonchev–Trinajstić information content (AvgIpc) is 2.46. The molecular formula is C16H21N3S. The summed E-state index contributed by atoms with van der Waals surface area (Å²) in [4.78, 5) is 10.4. The Balaban J connectivity index is 2.19. The lowest BCUT2D eigenvalue weighted by molar-refractivity contribution is 0.807. The molecule has 0 spiro atoms. The van der Waals surface area contributed by atoms with Crippen molar-refractivity contribution >= 4 is 17.6 Å². The number of benzene rings is 1. The second kappa shape index (κ2) is 7.90. The van der Waals surface area contributed by atoms with Gasteiger partial charge in [0.2, 0.25) is 0 Å². The van der Waals surface area contributed by atoms with Crippen molar-refractivity contribution in [3.8, 4) is 0 Å². The molecular weight excluding hydrogens is 266 g/mol. The van der Waals surface area contributed by atoms with E-state index in [-0.39, 0.29) is 0 Å². The van der Waals surface area contributed by atoms with Crippen LogP contribution in [0.4, 0.5) is 5.82 Å². The molecule has 2 rings (SSSR count). The smallest absolute Gasteiger partial charge is 0.132 e. The molecule has 1 N–H and O–H groups in total. The van der Waals surface area contributed by atoms with Crippen molar-refractivity contribution in [1.29, 1.82) is 0 Å². The van der Waals surface area contributed by atoms with Crippen LogP contribution in [-0.2, 0) is 6.42 Å². The Morgan fingerprint density at radius 1 is 1.05 bits per heavy atom. The first kappa shape index (κ1) is 14.9. The van der Waals surface area contributed by atoms with Crippen LogP contribution in [0.1, 0.15) is 32.5 Å². The number of aromatic nitrogens is 2.